The fourth-order valence-corrected chi connectivity index (χ4v) is 9.43. The Morgan fingerprint density at radius 2 is 0.909 bits per heavy atom. The molecule has 0 amide bonds. The van der Waals surface area contributed by atoms with Crippen LogP contribution >= 0.6 is 0 Å². The van der Waals surface area contributed by atoms with Crippen molar-refractivity contribution in [2.75, 3.05) is 0 Å². The maximum absolute atomic E-state index is 5.32. The molecule has 5 heterocycles. The summed E-state index contributed by atoms with van der Waals surface area (Å²) >= 11 is 0. The van der Waals surface area contributed by atoms with E-state index in [9.17, 15) is 0 Å². The molecule has 5 heteroatoms. The van der Waals surface area contributed by atoms with E-state index in [0.717, 1.165) is 55.6 Å². The molecule has 5 nitrogen and oxygen atoms in total. The van der Waals surface area contributed by atoms with Crippen LogP contribution in [0.2, 0.25) is 0 Å². The largest absolute Gasteiger partial charge is 0.309 e. The smallest absolute Gasteiger partial charge is 0.165 e. The quantitative estimate of drug-likeness (QED) is 0.184. The predicted octanol–water partition coefficient (Wildman–Crippen LogP) is 12.6. The van der Waals surface area contributed by atoms with Gasteiger partial charge in [0.1, 0.15) is 5.52 Å². The first-order valence-electron chi connectivity index (χ1n) is 18.8. The topological polar surface area (TPSA) is 40.1 Å². The van der Waals surface area contributed by atoms with Crippen molar-refractivity contribution >= 4 is 93.0 Å². The highest BCUT2D eigenvalue weighted by atomic mass is 15.0. The summed E-state index contributed by atoms with van der Waals surface area (Å²) in [5.74, 6) is 0. The molecule has 0 atom stereocenters. The van der Waals surface area contributed by atoms with Crippen LogP contribution in [-0.2, 0) is 0 Å². The Labute approximate surface area is 313 Å². The number of aromatic nitrogens is 5. The molecule has 0 aliphatic carbocycles. The summed E-state index contributed by atoms with van der Waals surface area (Å²) in [5, 5.41) is 8.47. The molecular weight excluding hydrogens is 671 g/mol. The molecular formula is C50H29N5. The molecule has 254 valence electrons. The van der Waals surface area contributed by atoms with Gasteiger partial charge < -0.3 is 9.13 Å². The van der Waals surface area contributed by atoms with Crippen LogP contribution in [0, 0.1) is 0 Å². The van der Waals surface area contributed by atoms with Gasteiger partial charge in [-0.1, -0.05) is 97.1 Å². The fraction of sp³-hybridized carbons (Fsp3) is 0. The van der Waals surface area contributed by atoms with Crippen LogP contribution in [0.3, 0.4) is 0 Å². The Hall–Kier alpha value is -7.50. The standard InChI is InChI=1S/C50H29N5/c1-3-13-32(14-4-1)53-42-21-11-8-18-35(42)37-27-30(23-25-44(37)53)31-28-38-46-45(55-48(38)39(29-31)47-50(55)52-41-20-10-9-19-40(41)51-47)26-24-36-34-17-7-12-22-43(34)54(49(36)46)33-15-5-2-6-16-33/h1-29H. The van der Waals surface area contributed by atoms with E-state index in [2.05, 4.69) is 177 Å². The zero-order valence-electron chi connectivity index (χ0n) is 29.5. The summed E-state index contributed by atoms with van der Waals surface area (Å²) in [6.45, 7) is 0. The minimum absolute atomic E-state index is 0.883. The van der Waals surface area contributed by atoms with E-state index in [1.165, 1.54) is 59.9 Å². The van der Waals surface area contributed by atoms with Crippen molar-refractivity contribution in [3.05, 3.63) is 176 Å². The lowest BCUT2D eigenvalue weighted by Crippen LogP contribution is -1.94. The van der Waals surface area contributed by atoms with E-state index in [4.69, 9.17) is 9.97 Å². The average Bonchev–Trinajstić information content (AvgIpc) is 3.97. The van der Waals surface area contributed by atoms with Crippen molar-refractivity contribution in [3.63, 3.8) is 0 Å². The van der Waals surface area contributed by atoms with Gasteiger partial charge in [0, 0.05) is 49.1 Å². The molecule has 0 N–H and O–H groups in total. The van der Waals surface area contributed by atoms with Crippen LogP contribution < -0.4 is 0 Å². The van der Waals surface area contributed by atoms with Crippen molar-refractivity contribution in [1.29, 1.82) is 0 Å². The molecule has 13 aromatic rings. The SMILES string of the molecule is c1ccc(-n2c3ccccc3c3cc(-c4cc5c6nc7ccccc7nc6n6c7ccc8c9ccccc9n(-c9ccccc9)c8c7c(c4)c56)ccc32)cc1. The van der Waals surface area contributed by atoms with Gasteiger partial charge in [-0.2, -0.15) is 0 Å². The third kappa shape index (κ3) is 3.81. The first-order valence-corrected chi connectivity index (χ1v) is 18.8. The summed E-state index contributed by atoms with van der Waals surface area (Å²) in [7, 11) is 0. The minimum atomic E-state index is 0.883. The highest BCUT2D eigenvalue weighted by Crippen LogP contribution is 2.46. The Kier molecular flexibility index (Phi) is 5.57. The predicted molar refractivity (Wildman–Crippen MR) is 228 cm³/mol. The normalized spacial score (nSPS) is 12.4. The molecule has 0 saturated heterocycles. The molecule has 0 unspecified atom stereocenters. The summed E-state index contributed by atoms with van der Waals surface area (Å²) in [6, 6.07) is 63.4. The Morgan fingerprint density at radius 1 is 0.345 bits per heavy atom. The van der Waals surface area contributed by atoms with Gasteiger partial charge >= 0.3 is 0 Å². The van der Waals surface area contributed by atoms with E-state index in [1.807, 2.05) is 12.1 Å². The first kappa shape index (κ1) is 29.0. The number of hydrogen-bond donors (Lipinski definition) is 0. The van der Waals surface area contributed by atoms with Gasteiger partial charge in [-0.3, -0.25) is 4.40 Å². The summed E-state index contributed by atoms with van der Waals surface area (Å²) < 4.78 is 7.19. The first-order chi connectivity index (χ1) is 27.3. The van der Waals surface area contributed by atoms with Gasteiger partial charge in [0.15, 0.2) is 5.65 Å². The summed E-state index contributed by atoms with van der Waals surface area (Å²) in [4.78, 5) is 10.6. The van der Waals surface area contributed by atoms with E-state index >= 15 is 0 Å². The molecule has 55 heavy (non-hydrogen) atoms. The molecule has 0 saturated carbocycles. The van der Waals surface area contributed by atoms with E-state index < -0.39 is 0 Å². The van der Waals surface area contributed by atoms with Crippen LogP contribution in [0.4, 0.5) is 0 Å². The second-order valence-corrected chi connectivity index (χ2v) is 14.6. The molecule has 0 spiro atoms. The van der Waals surface area contributed by atoms with Crippen molar-refractivity contribution in [2.24, 2.45) is 0 Å². The van der Waals surface area contributed by atoms with Crippen molar-refractivity contribution in [1.82, 2.24) is 23.5 Å². The average molecular weight is 700 g/mol. The van der Waals surface area contributed by atoms with Gasteiger partial charge in [-0.15, -0.1) is 0 Å². The number of benzene rings is 8. The molecule has 13 rings (SSSR count). The highest BCUT2D eigenvalue weighted by Gasteiger charge is 2.25. The zero-order chi connectivity index (χ0) is 35.8. The maximum Gasteiger partial charge on any atom is 0.165 e. The van der Waals surface area contributed by atoms with Gasteiger partial charge in [-0.25, -0.2) is 9.97 Å². The van der Waals surface area contributed by atoms with Crippen LogP contribution in [0.25, 0.3) is 116 Å². The van der Waals surface area contributed by atoms with Gasteiger partial charge in [0.2, 0.25) is 0 Å². The second kappa shape index (κ2) is 10.6. The molecule has 0 fully saturated rings. The van der Waals surface area contributed by atoms with E-state index in [-0.39, 0.29) is 0 Å². The maximum atomic E-state index is 5.32. The van der Waals surface area contributed by atoms with Gasteiger partial charge in [0.25, 0.3) is 0 Å². The molecule has 0 radical (unpaired) electrons. The number of para-hydroxylation sites is 6. The van der Waals surface area contributed by atoms with E-state index in [1.54, 1.807) is 0 Å². The number of fused-ring (bicyclic) bond motifs is 14. The number of nitrogens with zero attached hydrogens (tertiary/aromatic N) is 5. The monoisotopic (exact) mass is 699 g/mol. The van der Waals surface area contributed by atoms with Crippen LogP contribution in [0.1, 0.15) is 0 Å². The molecule has 5 aromatic heterocycles. The molecule has 0 aliphatic rings. The Morgan fingerprint density at radius 3 is 1.67 bits per heavy atom. The lowest BCUT2D eigenvalue weighted by Gasteiger charge is -2.10. The van der Waals surface area contributed by atoms with Crippen LogP contribution in [-0.4, -0.2) is 23.5 Å². The van der Waals surface area contributed by atoms with Gasteiger partial charge in [0.05, 0.1) is 44.1 Å². The van der Waals surface area contributed by atoms with E-state index in [0.29, 0.717) is 0 Å². The van der Waals surface area contributed by atoms with Crippen LogP contribution in [0.5, 0.6) is 0 Å². The molecule has 8 aromatic carbocycles. The second-order valence-electron chi connectivity index (χ2n) is 14.6. The number of hydrogen-bond acceptors (Lipinski definition) is 2. The zero-order valence-corrected chi connectivity index (χ0v) is 29.5. The molecule has 0 bridgehead atoms. The Balaban J connectivity index is 1.20. The molecule has 0 aliphatic heterocycles. The highest BCUT2D eigenvalue weighted by molar-refractivity contribution is 6.31. The van der Waals surface area contributed by atoms with Crippen molar-refractivity contribution in [2.45, 2.75) is 0 Å². The van der Waals surface area contributed by atoms with Crippen molar-refractivity contribution < 1.29 is 0 Å². The number of rotatable bonds is 3. The van der Waals surface area contributed by atoms with Crippen molar-refractivity contribution in [3.8, 4) is 22.5 Å². The van der Waals surface area contributed by atoms with Crippen LogP contribution in [0.15, 0.2) is 176 Å². The lowest BCUT2D eigenvalue weighted by atomic mass is 9.98. The third-order valence-electron chi connectivity index (χ3n) is 11.7. The minimum Gasteiger partial charge on any atom is -0.309 e. The summed E-state index contributed by atoms with van der Waals surface area (Å²) in [6.07, 6.45) is 0. The third-order valence-corrected chi connectivity index (χ3v) is 11.7. The van der Waals surface area contributed by atoms with Gasteiger partial charge in [-0.05, 0) is 90.0 Å². The summed E-state index contributed by atoms with van der Waals surface area (Å²) in [5.41, 5.74) is 15.3. The lowest BCUT2D eigenvalue weighted by molar-refractivity contribution is 1.18. The fourth-order valence-electron chi connectivity index (χ4n) is 9.43. The Bertz CT molecular complexity index is 3700.